The fourth-order valence-electron chi connectivity index (χ4n) is 2.08. The number of nitrogens with one attached hydrogen (secondary N) is 1. The molecular weight excluding hydrogens is 202 g/mol. The van der Waals surface area contributed by atoms with Gasteiger partial charge in [0.15, 0.2) is 0 Å². The van der Waals surface area contributed by atoms with Crippen molar-refractivity contribution in [3.05, 3.63) is 24.2 Å². The highest BCUT2D eigenvalue weighted by atomic mass is 16.5. The van der Waals surface area contributed by atoms with E-state index in [1.54, 1.807) is 6.26 Å². The maximum atomic E-state index is 5.40. The van der Waals surface area contributed by atoms with E-state index in [9.17, 15) is 0 Å². The van der Waals surface area contributed by atoms with Crippen LogP contribution in [0.2, 0.25) is 0 Å². The topological polar surface area (TPSA) is 34.4 Å². The molecule has 1 unspecified atom stereocenters. The summed E-state index contributed by atoms with van der Waals surface area (Å²) < 4.78 is 10.5. The lowest BCUT2D eigenvalue weighted by Crippen LogP contribution is -2.37. The molecule has 16 heavy (non-hydrogen) atoms. The minimum Gasteiger partial charge on any atom is -0.472 e. The quantitative estimate of drug-likeness (QED) is 0.852. The van der Waals surface area contributed by atoms with Crippen LogP contribution in [-0.4, -0.2) is 19.8 Å². The van der Waals surface area contributed by atoms with Crippen LogP contribution < -0.4 is 5.32 Å². The van der Waals surface area contributed by atoms with Gasteiger partial charge in [-0.15, -0.1) is 0 Å². The number of ether oxygens (including phenoxy) is 1. The number of furan rings is 1. The Balaban J connectivity index is 1.82. The normalized spacial score (nSPS) is 21.9. The first-order valence-electron chi connectivity index (χ1n) is 6.03. The zero-order valence-electron chi connectivity index (χ0n) is 10.2. The van der Waals surface area contributed by atoms with E-state index in [0.29, 0.717) is 11.5 Å². The van der Waals surface area contributed by atoms with Crippen molar-refractivity contribution in [3.63, 3.8) is 0 Å². The van der Waals surface area contributed by atoms with Crippen molar-refractivity contribution in [2.24, 2.45) is 5.41 Å². The number of hydrogen-bond donors (Lipinski definition) is 1. The molecule has 0 amide bonds. The SMILES string of the molecule is CC(NCC1(C)CCOCC1)c1ccoc1. The molecule has 1 aliphatic heterocycles. The van der Waals surface area contributed by atoms with Gasteiger partial charge in [0.25, 0.3) is 0 Å². The molecule has 1 aromatic heterocycles. The summed E-state index contributed by atoms with van der Waals surface area (Å²) >= 11 is 0. The average Bonchev–Trinajstić information content (AvgIpc) is 2.80. The van der Waals surface area contributed by atoms with Crippen LogP contribution in [0.1, 0.15) is 38.3 Å². The van der Waals surface area contributed by atoms with E-state index in [2.05, 4.69) is 19.2 Å². The Labute approximate surface area is 97.2 Å². The van der Waals surface area contributed by atoms with Gasteiger partial charge in [-0.1, -0.05) is 6.92 Å². The highest BCUT2D eigenvalue weighted by Crippen LogP contribution is 2.29. The number of hydrogen-bond acceptors (Lipinski definition) is 3. The van der Waals surface area contributed by atoms with Crippen LogP contribution in [0.4, 0.5) is 0 Å². The van der Waals surface area contributed by atoms with Crippen LogP contribution in [0, 0.1) is 5.41 Å². The van der Waals surface area contributed by atoms with Crippen LogP contribution in [-0.2, 0) is 4.74 Å². The highest BCUT2D eigenvalue weighted by molar-refractivity contribution is 5.10. The largest absolute Gasteiger partial charge is 0.472 e. The van der Waals surface area contributed by atoms with Crippen LogP contribution in [0.25, 0.3) is 0 Å². The predicted molar refractivity (Wildman–Crippen MR) is 63.3 cm³/mol. The lowest BCUT2D eigenvalue weighted by Gasteiger charge is -2.34. The monoisotopic (exact) mass is 223 g/mol. The maximum absolute atomic E-state index is 5.40. The Kier molecular flexibility index (Phi) is 3.66. The third kappa shape index (κ3) is 2.86. The molecule has 2 rings (SSSR count). The molecule has 0 aliphatic carbocycles. The first-order chi connectivity index (χ1) is 7.70. The molecule has 1 saturated heterocycles. The Morgan fingerprint density at radius 1 is 1.44 bits per heavy atom. The van der Waals surface area contributed by atoms with E-state index in [4.69, 9.17) is 9.15 Å². The van der Waals surface area contributed by atoms with E-state index >= 15 is 0 Å². The molecule has 90 valence electrons. The van der Waals surface area contributed by atoms with Crippen LogP contribution >= 0.6 is 0 Å². The summed E-state index contributed by atoms with van der Waals surface area (Å²) in [6.45, 7) is 7.36. The summed E-state index contributed by atoms with van der Waals surface area (Å²) in [6.07, 6.45) is 5.84. The molecule has 1 atom stereocenters. The summed E-state index contributed by atoms with van der Waals surface area (Å²) in [6, 6.07) is 2.38. The summed E-state index contributed by atoms with van der Waals surface area (Å²) in [7, 11) is 0. The van der Waals surface area contributed by atoms with Gasteiger partial charge in [0.05, 0.1) is 12.5 Å². The molecule has 2 heterocycles. The standard InChI is InChI=1S/C13H21NO2/c1-11(12-3-6-16-9-12)14-10-13(2)4-7-15-8-5-13/h3,6,9,11,14H,4-5,7-8,10H2,1-2H3. The van der Waals surface area contributed by atoms with E-state index < -0.39 is 0 Å². The minimum absolute atomic E-state index is 0.360. The minimum atomic E-state index is 0.360. The number of rotatable bonds is 4. The van der Waals surface area contributed by atoms with Crippen LogP contribution in [0.3, 0.4) is 0 Å². The van der Waals surface area contributed by atoms with Crippen molar-refractivity contribution in [1.29, 1.82) is 0 Å². The summed E-state index contributed by atoms with van der Waals surface area (Å²) in [5.41, 5.74) is 1.60. The van der Waals surface area contributed by atoms with Gasteiger partial charge in [0.1, 0.15) is 0 Å². The second-order valence-corrected chi connectivity index (χ2v) is 5.08. The Bertz CT molecular complexity index is 302. The fourth-order valence-corrected chi connectivity index (χ4v) is 2.08. The third-order valence-electron chi connectivity index (χ3n) is 3.58. The van der Waals surface area contributed by atoms with Gasteiger partial charge in [0, 0.05) is 31.4 Å². The molecule has 0 bridgehead atoms. The van der Waals surface area contributed by atoms with E-state index in [1.807, 2.05) is 12.3 Å². The van der Waals surface area contributed by atoms with Crippen molar-refractivity contribution >= 4 is 0 Å². The molecular formula is C13H21NO2. The fraction of sp³-hybridized carbons (Fsp3) is 0.692. The van der Waals surface area contributed by atoms with Crippen molar-refractivity contribution < 1.29 is 9.15 Å². The summed E-state index contributed by atoms with van der Waals surface area (Å²) in [5.74, 6) is 0. The van der Waals surface area contributed by atoms with Gasteiger partial charge >= 0.3 is 0 Å². The highest BCUT2D eigenvalue weighted by Gasteiger charge is 2.27. The second kappa shape index (κ2) is 5.02. The van der Waals surface area contributed by atoms with Gasteiger partial charge in [-0.3, -0.25) is 0 Å². The van der Waals surface area contributed by atoms with Gasteiger partial charge in [0.2, 0.25) is 0 Å². The first-order valence-corrected chi connectivity index (χ1v) is 6.03. The zero-order valence-corrected chi connectivity index (χ0v) is 10.2. The van der Waals surface area contributed by atoms with Crippen LogP contribution in [0.5, 0.6) is 0 Å². The molecule has 1 aliphatic rings. The van der Waals surface area contributed by atoms with Crippen molar-refractivity contribution in [1.82, 2.24) is 5.32 Å². The Morgan fingerprint density at radius 3 is 2.81 bits per heavy atom. The van der Waals surface area contributed by atoms with E-state index in [-0.39, 0.29) is 0 Å². The molecule has 0 saturated carbocycles. The molecule has 3 heteroatoms. The van der Waals surface area contributed by atoms with Gasteiger partial charge < -0.3 is 14.5 Å². The van der Waals surface area contributed by atoms with Crippen molar-refractivity contribution in [2.45, 2.75) is 32.7 Å². The molecule has 3 nitrogen and oxygen atoms in total. The summed E-state index contributed by atoms with van der Waals surface area (Å²) in [5, 5.41) is 3.58. The van der Waals surface area contributed by atoms with Gasteiger partial charge in [-0.25, -0.2) is 0 Å². The second-order valence-electron chi connectivity index (χ2n) is 5.08. The lowest BCUT2D eigenvalue weighted by molar-refractivity contribution is 0.0231. The van der Waals surface area contributed by atoms with Gasteiger partial charge in [-0.05, 0) is 31.2 Å². The average molecular weight is 223 g/mol. The molecule has 0 spiro atoms. The Morgan fingerprint density at radius 2 is 2.19 bits per heavy atom. The van der Waals surface area contributed by atoms with E-state index in [0.717, 1.165) is 32.6 Å². The summed E-state index contributed by atoms with van der Waals surface area (Å²) in [4.78, 5) is 0. The van der Waals surface area contributed by atoms with E-state index in [1.165, 1.54) is 5.56 Å². The van der Waals surface area contributed by atoms with Crippen molar-refractivity contribution in [3.8, 4) is 0 Å². The molecule has 1 aromatic rings. The lowest BCUT2D eigenvalue weighted by atomic mass is 9.82. The molecule has 0 radical (unpaired) electrons. The van der Waals surface area contributed by atoms with Gasteiger partial charge in [-0.2, -0.15) is 0 Å². The zero-order chi connectivity index (χ0) is 11.4. The van der Waals surface area contributed by atoms with Crippen LogP contribution in [0.15, 0.2) is 23.0 Å². The van der Waals surface area contributed by atoms with Crippen molar-refractivity contribution in [2.75, 3.05) is 19.8 Å². The predicted octanol–water partition coefficient (Wildman–Crippen LogP) is 2.75. The Hall–Kier alpha value is -0.800. The molecule has 0 aromatic carbocycles. The molecule has 1 fully saturated rings. The molecule has 1 N–H and O–H groups in total. The smallest absolute Gasteiger partial charge is 0.0950 e. The maximum Gasteiger partial charge on any atom is 0.0950 e. The third-order valence-corrected chi connectivity index (χ3v) is 3.58. The first kappa shape index (κ1) is 11.7.